The molecular weight excluding hydrogens is 383 g/mol. The lowest BCUT2D eigenvalue weighted by molar-refractivity contribution is -0.274. The summed E-state index contributed by atoms with van der Waals surface area (Å²) in [4.78, 5) is 10.9. The topological polar surface area (TPSA) is 38.3 Å². The molecule has 0 heterocycles. The summed E-state index contributed by atoms with van der Waals surface area (Å²) in [6, 6.07) is 3.94. The van der Waals surface area contributed by atoms with Crippen molar-refractivity contribution in [1.29, 1.82) is 0 Å². The van der Waals surface area contributed by atoms with Crippen molar-refractivity contribution in [2.75, 3.05) is 5.32 Å². The Kier molecular flexibility index (Phi) is 5.03. The van der Waals surface area contributed by atoms with Gasteiger partial charge in [0.25, 0.3) is 0 Å². The summed E-state index contributed by atoms with van der Waals surface area (Å²) in [5.41, 5.74) is -0.0492. The van der Waals surface area contributed by atoms with Crippen molar-refractivity contribution in [2.45, 2.75) is 18.1 Å². The average Bonchev–Trinajstić information content (AvgIpc) is 2.19. The third-order valence-corrected chi connectivity index (χ3v) is 2.70. The Morgan fingerprint density at radius 2 is 2.06 bits per heavy atom. The fraction of sp³-hybridized carbons (Fsp3) is 0.300. The van der Waals surface area contributed by atoms with Crippen molar-refractivity contribution in [3.63, 3.8) is 0 Å². The monoisotopic (exact) mass is 389 g/mol. The molecule has 1 amide bonds. The lowest BCUT2D eigenvalue weighted by Gasteiger charge is -2.14. The smallest absolute Gasteiger partial charge is 0.404 e. The second-order valence-corrected chi connectivity index (χ2v) is 5.58. The van der Waals surface area contributed by atoms with E-state index in [2.05, 4.69) is 41.9 Å². The minimum absolute atomic E-state index is 0.0492. The molecule has 0 radical (unpaired) electrons. The van der Waals surface area contributed by atoms with Gasteiger partial charge in [-0.05, 0) is 25.1 Å². The Hall–Kier alpha value is -0.760. The van der Waals surface area contributed by atoms with Crippen LogP contribution in [0.25, 0.3) is 0 Å². The summed E-state index contributed by atoms with van der Waals surface area (Å²) in [7, 11) is 0. The second-order valence-electron chi connectivity index (χ2n) is 3.29. The number of alkyl halides is 4. The number of amides is 1. The third kappa shape index (κ3) is 4.85. The summed E-state index contributed by atoms with van der Waals surface area (Å²) >= 11 is 6.04. The molecule has 0 aliphatic carbocycles. The van der Waals surface area contributed by atoms with E-state index in [0.717, 1.165) is 6.07 Å². The van der Waals surface area contributed by atoms with Crippen LogP contribution in [0.2, 0.25) is 0 Å². The van der Waals surface area contributed by atoms with Gasteiger partial charge in [-0.2, -0.15) is 0 Å². The van der Waals surface area contributed by atoms with E-state index in [4.69, 9.17) is 0 Å². The van der Waals surface area contributed by atoms with E-state index < -0.39 is 22.8 Å². The fourth-order valence-electron chi connectivity index (χ4n) is 1.04. The molecule has 1 aromatic carbocycles. The van der Waals surface area contributed by atoms with Crippen molar-refractivity contribution in [3.05, 3.63) is 22.7 Å². The van der Waals surface area contributed by atoms with Crippen molar-refractivity contribution in [1.82, 2.24) is 0 Å². The number of ether oxygens (including phenoxy) is 1. The van der Waals surface area contributed by atoms with E-state index in [1.165, 1.54) is 12.1 Å². The zero-order valence-corrected chi connectivity index (χ0v) is 12.2. The molecule has 0 saturated heterocycles. The minimum atomic E-state index is -4.82. The number of benzene rings is 1. The molecule has 0 saturated carbocycles. The molecule has 100 valence electrons. The van der Waals surface area contributed by atoms with Gasteiger partial charge in [0, 0.05) is 4.47 Å². The number of rotatable bonds is 3. The van der Waals surface area contributed by atoms with Crippen LogP contribution in [0.15, 0.2) is 22.7 Å². The first-order valence-electron chi connectivity index (χ1n) is 4.69. The van der Waals surface area contributed by atoms with Crippen molar-refractivity contribution >= 4 is 43.5 Å². The predicted octanol–water partition coefficient (Wildman–Crippen LogP) is 4.07. The summed E-state index contributed by atoms with van der Waals surface area (Å²) in [5.74, 6) is -0.942. The van der Waals surface area contributed by atoms with Gasteiger partial charge in [-0.1, -0.05) is 31.9 Å². The van der Waals surface area contributed by atoms with Crippen LogP contribution in [-0.2, 0) is 4.79 Å². The molecule has 0 aliphatic rings. The second kappa shape index (κ2) is 5.92. The molecule has 8 heteroatoms. The first-order chi connectivity index (χ1) is 8.19. The Morgan fingerprint density at radius 3 is 2.56 bits per heavy atom. The number of anilines is 1. The molecule has 0 aliphatic heterocycles. The quantitative estimate of drug-likeness (QED) is 0.790. The van der Waals surface area contributed by atoms with E-state index in [1.807, 2.05) is 0 Å². The van der Waals surface area contributed by atoms with Crippen LogP contribution < -0.4 is 10.1 Å². The normalized spacial score (nSPS) is 13.0. The highest BCUT2D eigenvalue weighted by molar-refractivity contribution is 9.10. The largest absolute Gasteiger partial charge is 0.573 e. The standard InChI is InChI=1S/C10H8Br2F3NO2/c1-5(11)9(17)16-7-3-2-6(12)4-8(7)18-10(13,14)15/h2-5H,1H3,(H,16,17). The molecule has 0 bridgehead atoms. The van der Waals surface area contributed by atoms with Crippen LogP contribution in [0.5, 0.6) is 5.75 Å². The van der Waals surface area contributed by atoms with Crippen molar-refractivity contribution < 1.29 is 22.7 Å². The zero-order valence-electron chi connectivity index (χ0n) is 9.02. The van der Waals surface area contributed by atoms with E-state index in [0.29, 0.717) is 4.47 Å². The summed E-state index contributed by atoms with van der Waals surface area (Å²) in [6.07, 6.45) is -4.82. The highest BCUT2D eigenvalue weighted by Gasteiger charge is 2.32. The molecule has 0 spiro atoms. The van der Waals surface area contributed by atoms with E-state index in [1.54, 1.807) is 6.92 Å². The number of hydrogen-bond donors (Lipinski definition) is 1. The summed E-state index contributed by atoms with van der Waals surface area (Å²) < 4.78 is 40.8. The van der Waals surface area contributed by atoms with E-state index in [9.17, 15) is 18.0 Å². The molecule has 3 nitrogen and oxygen atoms in total. The van der Waals surface area contributed by atoms with Gasteiger partial charge in [-0.15, -0.1) is 13.2 Å². The molecule has 1 rings (SSSR count). The minimum Gasteiger partial charge on any atom is -0.404 e. The maximum atomic E-state index is 12.2. The Bertz CT molecular complexity index is 449. The van der Waals surface area contributed by atoms with Gasteiger partial charge in [0.2, 0.25) is 5.91 Å². The van der Waals surface area contributed by atoms with Crippen LogP contribution in [-0.4, -0.2) is 17.1 Å². The van der Waals surface area contributed by atoms with Gasteiger partial charge >= 0.3 is 6.36 Å². The molecule has 18 heavy (non-hydrogen) atoms. The van der Waals surface area contributed by atoms with E-state index in [-0.39, 0.29) is 5.69 Å². The van der Waals surface area contributed by atoms with Crippen LogP contribution in [0.4, 0.5) is 18.9 Å². The first-order valence-corrected chi connectivity index (χ1v) is 6.40. The average molecular weight is 391 g/mol. The number of nitrogens with one attached hydrogen (secondary N) is 1. The lowest BCUT2D eigenvalue weighted by Crippen LogP contribution is -2.22. The molecule has 1 N–H and O–H groups in total. The lowest BCUT2D eigenvalue weighted by atomic mass is 10.3. The number of hydrogen-bond acceptors (Lipinski definition) is 2. The molecule has 0 aromatic heterocycles. The van der Waals surface area contributed by atoms with Crippen LogP contribution in [0.3, 0.4) is 0 Å². The maximum absolute atomic E-state index is 12.2. The zero-order chi connectivity index (χ0) is 13.9. The number of carbonyl (C=O) groups excluding carboxylic acids is 1. The van der Waals surface area contributed by atoms with Crippen LogP contribution >= 0.6 is 31.9 Å². The predicted molar refractivity (Wildman–Crippen MR) is 67.8 cm³/mol. The Balaban J connectivity index is 3.00. The highest BCUT2D eigenvalue weighted by Crippen LogP contribution is 2.33. The Morgan fingerprint density at radius 1 is 1.44 bits per heavy atom. The molecular formula is C10H8Br2F3NO2. The van der Waals surface area contributed by atoms with Gasteiger partial charge in [0.15, 0.2) is 5.75 Å². The number of carbonyl (C=O) groups is 1. The van der Waals surface area contributed by atoms with Crippen molar-refractivity contribution in [2.24, 2.45) is 0 Å². The highest BCUT2D eigenvalue weighted by atomic mass is 79.9. The third-order valence-electron chi connectivity index (χ3n) is 1.79. The van der Waals surface area contributed by atoms with Gasteiger partial charge in [-0.3, -0.25) is 4.79 Å². The number of halogens is 5. The van der Waals surface area contributed by atoms with Gasteiger partial charge in [0.05, 0.1) is 10.5 Å². The summed E-state index contributed by atoms with van der Waals surface area (Å²) in [6.45, 7) is 1.55. The molecule has 0 fully saturated rings. The first kappa shape index (κ1) is 15.3. The molecule has 1 atom stereocenters. The van der Waals surface area contributed by atoms with Crippen LogP contribution in [0, 0.1) is 0 Å². The Labute approximate surface area is 118 Å². The fourth-order valence-corrected chi connectivity index (χ4v) is 1.50. The van der Waals surface area contributed by atoms with Crippen LogP contribution in [0.1, 0.15) is 6.92 Å². The maximum Gasteiger partial charge on any atom is 0.573 e. The van der Waals surface area contributed by atoms with Gasteiger partial charge in [0.1, 0.15) is 0 Å². The van der Waals surface area contributed by atoms with Gasteiger partial charge < -0.3 is 10.1 Å². The molecule has 1 unspecified atom stereocenters. The van der Waals surface area contributed by atoms with Gasteiger partial charge in [-0.25, -0.2) is 0 Å². The van der Waals surface area contributed by atoms with Crippen molar-refractivity contribution in [3.8, 4) is 5.75 Å². The SMILES string of the molecule is CC(Br)C(=O)Nc1ccc(Br)cc1OC(F)(F)F. The molecule has 1 aromatic rings. The van der Waals surface area contributed by atoms with E-state index >= 15 is 0 Å². The summed E-state index contributed by atoms with van der Waals surface area (Å²) in [5, 5.41) is 2.33.